The highest BCUT2D eigenvalue weighted by molar-refractivity contribution is 6.15. The number of fused-ring (bicyclic) bond motifs is 1. The highest BCUT2D eigenvalue weighted by Gasteiger charge is 2.35. The Morgan fingerprint density at radius 2 is 1.88 bits per heavy atom. The number of urea groups is 1. The fourth-order valence-corrected chi connectivity index (χ4v) is 3.99. The number of nitrogens with zero attached hydrogens (tertiary/aromatic N) is 3. The van der Waals surface area contributed by atoms with Gasteiger partial charge in [0.05, 0.1) is 5.56 Å². The molecule has 2 heterocycles. The number of hydrogen-bond donors (Lipinski definition) is 4. The van der Waals surface area contributed by atoms with Gasteiger partial charge in [0.2, 0.25) is 0 Å². The highest BCUT2D eigenvalue weighted by Crippen LogP contribution is 2.27. The number of carbonyl (C=O) groups is 3. The Kier molecular flexibility index (Phi) is 6.90. The van der Waals surface area contributed by atoms with Crippen LogP contribution in [0.5, 0.6) is 0 Å². The number of aliphatic carboxylic acids is 1. The monoisotopic (exact) mass is 466 g/mol. The Hall–Kier alpha value is -3.95. The smallest absolute Gasteiger partial charge is 0.329 e. The van der Waals surface area contributed by atoms with Crippen LogP contribution in [-0.4, -0.2) is 43.0 Å². The summed E-state index contributed by atoms with van der Waals surface area (Å²) in [6, 6.07) is 7.49. The zero-order chi connectivity index (χ0) is 25.2. The molecule has 0 radical (unpaired) electrons. The van der Waals surface area contributed by atoms with E-state index in [1.807, 2.05) is 27.7 Å². The van der Waals surface area contributed by atoms with Gasteiger partial charge in [0.25, 0.3) is 0 Å². The summed E-state index contributed by atoms with van der Waals surface area (Å²) in [5, 5.41) is 19.0. The van der Waals surface area contributed by atoms with E-state index >= 15 is 0 Å². The number of ketones is 1. The summed E-state index contributed by atoms with van der Waals surface area (Å²) < 4.78 is 1.62. The Balaban J connectivity index is 1.88. The number of rotatable bonds is 8. The predicted molar refractivity (Wildman–Crippen MR) is 129 cm³/mol. The van der Waals surface area contributed by atoms with Crippen LogP contribution in [0.2, 0.25) is 0 Å². The number of nitrogen functional groups attached to an aromatic ring is 1. The van der Waals surface area contributed by atoms with Crippen LogP contribution in [0.25, 0.3) is 5.52 Å². The topological polar surface area (TPSA) is 152 Å². The van der Waals surface area contributed by atoms with E-state index in [0.29, 0.717) is 22.3 Å². The molecule has 3 aromatic rings. The first-order valence-electron chi connectivity index (χ1n) is 11.0. The van der Waals surface area contributed by atoms with Crippen molar-refractivity contribution < 1.29 is 19.5 Å². The van der Waals surface area contributed by atoms with Gasteiger partial charge in [-0.05, 0) is 43.4 Å². The Labute approximate surface area is 197 Å². The van der Waals surface area contributed by atoms with Crippen LogP contribution in [0, 0.1) is 5.92 Å². The molecule has 34 heavy (non-hydrogen) atoms. The van der Waals surface area contributed by atoms with Gasteiger partial charge in [-0.1, -0.05) is 39.8 Å². The van der Waals surface area contributed by atoms with Gasteiger partial charge < -0.3 is 21.5 Å². The first kappa shape index (κ1) is 24.7. The van der Waals surface area contributed by atoms with Crippen LogP contribution in [0.4, 0.5) is 16.3 Å². The first-order valence-corrected chi connectivity index (χ1v) is 11.0. The number of carboxylic acids is 1. The molecule has 0 aliphatic rings. The Bertz CT molecular complexity index is 1250. The quantitative estimate of drug-likeness (QED) is 0.370. The van der Waals surface area contributed by atoms with Crippen LogP contribution in [0.1, 0.15) is 68.6 Å². The van der Waals surface area contributed by atoms with Crippen LogP contribution in [0.15, 0.2) is 36.7 Å². The van der Waals surface area contributed by atoms with Crippen LogP contribution >= 0.6 is 0 Å². The maximum absolute atomic E-state index is 13.4. The number of hydrogen-bond acceptors (Lipinski definition) is 6. The van der Waals surface area contributed by atoms with Gasteiger partial charge in [-0.15, -0.1) is 0 Å². The molecule has 5 N–H and O–H groups in total. The van der Waals surface area contributed by atoms with Crippen molar-refractivity contribution in [3.05, 3.63) is 53.5 Å². The third kappa shape index (κ3) is 5.00. The SMILES string of the molecule is CC(C)C[C@](C)(NC(=O)Nc1cccc(C(=O)c2cc(C(C)C)n3ncnc(N)c23)c1)C(=O)O. The maximum Gasteiger partial charge on any atom is 0.329 e. The van der Waals surface area contributed by atoms with Gasteiger partial charge in [0.1, 0.15) is 17.4 Å². The summed E-state index contributed by atoms with van der Waals surface area (Å²) in [6.07, 6.45) is 1.60. The minimum atomic E-state index is -1.43. The lowest BCUT2D eigenvalue weighted by Gasteiger charge is -2.28. The van der Waals surface area contributed by atoms with Crippen molar-refractivity contribution in [2.75, 3.05) is 11.1 Å². The van der Waals surface area contributed by atoms with Crippen molar-refractivity contribution in [2.24, 2.45) is 5.92 Å². The van der Waals surface area contributed by atoms with Crippen molar-refractivity contribution in [1.29, 1.82) is 0 Å². The summed E-state index contributed by atoms with van der Waals surface area (Å²) in [5.41, 5.74) is 6.91. The van der Waals surface area contributed by atoms with Gasteiger partial charge in [-0.2, -0.15) is 5.10 Å². The molecule has 1 atom stereocenters. The molecule has 3 rings (SSSR count). The highest BCUT2D eigenvalue weighted by atomic mass is 16.4. The van der Waals surface area contributed by atoms with Crippen molar-refractivity contribution in [2.45, 2.75) is 52.5 Å². The molecular formula is C24H30N6O4. The number of nitrogens with one attached hydrogen (secondary N) is 2. The molecule has 10 nitrogen and oxygen atoms in total. The third-order valence-corrected chi connectivity index (χ3v) is 5.51. The standard InChI is InChI=1S/C24H30N6O4/c1-13(2)11-24(5,22(32)33)29-23(34)28-16-8-6-7-15(9-16)20(31)17-10-18(14(3)4)30-19(17)21(25)26-12-27-30/h6-10,12-14H,11H2,1-5H3,(H,32,33)(H2,25,26,27)(H2,28,29,34)/t24-/m0/s1. The average Bonchev–Trinajstić information content (AvgIpc) is 3.14. The zero-order valence-corrected chi connectivity index (χ0v) is 19.9. The molecule has 2 amide bonds. The van der Waals surface area contributed by atoms with Gasteiger partial charge in [0.15, 0.2) is 11.6 Å². The number of nitrogens with two attached hydrogens (primary N) is 1. The molecule has 0 unspecified atom stereocenters. The molecular weight excluding hydrogens is 436 g/mol. The second kappa shape index (κ2) is 9.50. The van der Waals surface area contributed by atoms with Crippen molar-refractivity contribution >= 4 is 34.8 Å². The molecule has 0 aliphatic carbocycles. The largest absolute Gasteiger partial charge is 0.480 e. The van der Waals surface area contributed by atoms with Crippen LogP contribution < -0.4 is 16.4 Å². The normalized spacial score (nSPS) is 13.1. The molecule has 1 aromatic carbocycles. The van der Waals surface area contributed by atoms with Gasteiger partial charge in [0, 0.05) is 16.9 Å². The van der Waals surface area contributed by atoms with E-state index in [4.69, 9.17) is 5.73 Å². The molecule has 0 spiro atoms. The summed E-state index contributed by atoms with van der Waals surface area (Å²) in [6.45, 7) is 9.20. The lowest BCUT2D eigenvalue weighted by molar-refractivity contribution is -0.144. The zero-order valence-electron chi connectivity index (χ0n) is 19.9. The maximum atomic E-state index is 13.4. The number of benzene rings is 1. The molecule has 0 saturated heterocycles. The van der Waals surface area contributed by atoms with E-state index in [1.165, 1.54) is 19.3 Å². The van der Waals surface area contributed by atoms with E-state index in [0.717, 1.165) is 5.69 Å². The third-order valence-electron chi connectivity index (χ3n) is 5.51. The van der Waals surface area contributed by atoms with Crippen molar-refractivity contribution in [1.82, 2.24) is 19.9 Å². The van der Waals surface area contributed by atoms with Gasteiger partial charge >= 0.3 is 12.0 Å². The molecule has 180 valence electrons. The first-order chi connectivity index (χ1) is 15.9. The number of carboxylic acid groups (broad SMARTS) is 1. The predicted octanol–water partition coefficient (Wildman–Crippen LogP) is 3.68. The van der Waals surface area contributed by atoms with Crippen molar-refractivity contribution in [3.63, 3.8) is 0 Å². The summed E-state index contributed by atoms with van der Waals surface area (Å²) >= 11 is 0. The van der Waals surface area contributed by atoms with E-state index in [2.05, 4.69) is 20.7 Å². The Morgan fingerprint density at radius 3 is 2.50 bits per heavy atom. The minimum absolute atomic E-state index is 0.0618. The van der Waals surface area contributed by atoms with Crippen molar-refractivity contribution in [3.8, 4) is 0 Å². The van der Waals surface area contributed by atoms with Crippen LogP contribution in [0.3, 0.4) is 0 Å². The second-order valence-electron chi connectivity index (χ2n) is 9.27. The van der Waals surface area contributed by atoms with E-state index < -0.39 is 17.5 Å². The Morgan fingerprint density at radius 1 is 1.18 bits per heavy atom. The van der Waals surface area contributed by atoms with E-state index in [-0.39, 0.29) is 29.9 Å². The van der Waals surface area contributed by atoms with E-state index in [9.17, 15) is 19.5 Å². The summed E-state index contributed by atoms with van der Waals surface area (Å²) in [5.74, 6) is -1.08. The second-order valence-corrected chi connectivity index (χ2v) is 9.27. The molecule has 0 aliphatic heterocycles. The molecule has 10 heteroatoms. The fourth-order valence-electron chi connectivity index (χ4n) is 3.99. The number of anilines is 2. The van der Waals surface area contributed by atoms with Gasteiger partial charge in [-0.25, -0.2) is 19.1 Å². The summed E-state index contributed by atoms with van der Waals surface area (Å²) in [4.78, 5) is 41.7. The van der Waals surface area contributed by atoms with Gasteiger partial charge in [-0.3, -0.25) is 4.79 Å². The molecule has 0 bridgehead atoms. The lowest BCUT2D eigenvalue weighted by atomic mass is 9.91. The van der Waals surface area contributed by atoms with Crippen LogP contribution in [-0.2, 0) is 4.79 Å². The average molecular weight is 467 g/mol. The molecule has 0 saturated carbocycles. The lowest BCUT2D eigenvalue weighted by Crippen LogP contribution is -2.54. The number of aromatic nitrogens is 3. The number of amides is 2. The number of carbonyl (C=O) groups excluding carboxylic acids is 2. The minimum Gasteiger partial charge on any atom is -0.480 e. The summed E-state index contributed by atoms with van der Waals surface area (Å²) in [7, 11) is 0. The molecule has 2 aromatic heterocycles. The molecule has 0 fully saturated rings. The fraction of sp³-hybridized carbons (Fsp3) is 0.375. The van der Waals surface area contributed by atoms with E-state index in [1.54, 1.807) is 28.8 Å².